The first-order valence-electron chi connectivity index (χ1n) is 12.8. The van der Waals surface area contributed by atoms with Gasteiger partial charge >= 0.3 is 0 Å². The highest BCUT2D eigenvalue weighted by Gasteiger charge is 2.45. The number of rotatable bonds is 14. The predicted molar refractivity (Wildman–Crippen MR) is 125 cm³/mol. The van der Waals surface area contributed by atoms with Crippen LogP contribution >= 0.6 is 0 Å². The summed E-state index contributed by atoms with van der Waals surface area (Å²) < 4.78 is 10.0. The van der Waals surface area contributed by atoms with Gasteiger partial charge in [-0.3, -0.25) is 9.59 Å². The number of unbranched alkanes of at least 4 members (excludes halogenated alkanes) is 6. The molecular formula is C23H42N2O12. The van der Waals surface area contributed by atoms with Crippen LogP contribution in [0, 0.1) is 0 Å². The monoisotopic (exact) mass is 538 g/mol. The number of amides is 2. The number of nitrogens with one attached hydrogen (secondary N) is 2. The van der Waals surface area contributed by atoms with E-state index in [0.717, 1.165) is 32.1 Å². The summed E-state index contributed by atoms with van der Waals surface area (Å²) in [4.78, 5) is 24.2. The number of ether oxygens (including phenoxy) is 2. The SMILES string of the molecule is O=C(CCCCCCCCCC(=O)N[C@@H]1[C@@H](O)[C@H](O)[C@@H](CO)O[C@@H]1O)N[C@@H]1[C@@H](O)[C@H](O)[C@@H](CO)O[C@@H]1O. The average molecular weight is 539 g/mol. The third-order valence-electron chi connectivity index (χ3n) is 6.76. The smallest absolute Gasteiger partial charge is 0.220 e. The van der Waals surface area contributed by atoms with E-state index >= 15 is 0 Å². The molecule has 2 rings (SSSR count). The molecule has 2 amide bonds. The van der Waals surface area contributed by atoms with Crippen LogP contribution < -0.4 is 10.6 Å². The van der Waals surface area contributed by atoms with Gasteiger partial charge in [-0.2, -0.15) is 0 Å². The number of aliphatic hydroxyl groups excluding tert-OH is 8. The van der Waals surface area contributed by atoms with Crippen LogP contribution in [0.3, 0.4) is 0 Å². The average Bonchev–Trinajstić information content (AvgIpc) is 2.87. The molecule has 10 atom stereocenters. The lowest BCUT2D eigenvalue weighted by atomic mass is 9.97. The van der Waals surface area contributed by atoms with E-state index in [-0.39, 0.29) is 12.8 Å². The van der Waals surface area contributed by atoms with Gasteiger partial charge in [0.2, 0.25) is 11.8 Å². The molecule has 2 saturated heterocycles. The first-order valence-corrected chi connectivity index (χ1v) is 12.8. The van der Waals surface area contributed by atoms with Crippen molar-refractivity contribution in [3.8, 4) is 0 Å². The Morgan fingerprint density at radius 2 is 0.865 bits per heavy atom. The summed E-state index contributed by atoms with van der Waals surface area (Å²) in [6.07, 6.45) is -5.42. The van der Waals surface area contributed by atoms with Crippen LogP contribution in [-0.4, -0.2) is 127 Å². The molecule has 0 aromatic rings. The summed E-state index contributed by atoms with van der Waals surface area (Å²) in [5.41, 5.74) is 0. The van der Waals surface area contributed by atoms with Crippen LogP contribution in [0.25, 0.3) is 0 Å². The maximum absolute atomic E-state index is 12.1. The lowest BCUT2D eigenvalue weighted by Crippen LogP contribution is -2.64. The number of hydrogen-bond donors (Lipinski definition) is 10. The Bertz CT molecular complexity index is 645. The second-order valence-corrected chi connectivity index (χ2v) is 9.62. The molecule has 0 spiro atoms. The topological polar surface area (TPSA) is 238 Å². The summed E-state index contributed by atoms with van der Waals surface area (Å²) in [7, 11) is 0. The van der Waals surface area contributed by atoms with E-state index in [9.17, 15) is 40.2 Å². The number of aliphatic hydroxyl groups is 8. The molecule has 10 N–H and O–H groups in total. The number of carbonyl (C=O) groups excluding carboxylic acids is 2. The summed E-state index contributed by atoms with van der Waals surface area (Å²) in [6, 6.07) is -2.38. The molecule has 0 unspecified atom stereocenters. The first kappa shape index (κ1) is 31.8. The fourth-order valence-electron chi connectivity index (χ4n) is 4.48. The third kappa shape index (κ3) is 9.35. The van der Waals surface area contributed by atoms with Crippen molar-refractivity contribution in [1.29, 1.82) is 0 Å². The molecule has 2 aliphatic rings. The minimum Gasteiger partial charge on any atom is -0.394 e. The summed E-state index contributed by atoms with van der Waals surface area (Å²) in [5, 5.41) is 82.7. The fraction of sp³-hybridized carbons (Fsp3) is 0.913. The Kier molecular flexibility index (Phi) is 13.6. The Balaban J connectivity index is 1.51. The zero-order chi connectivity index (χ0) is 27.5. The highest BCUT2D eigenvalue weighted by Crippen LogP contribution is 2.21. The van der Waals surface area contributed by atoms with Crippen molar-refractivity contribution in [3.05, 3.63) is 0 Å². The molecular weight excluding hydrogens is 496 g/mol. The second kappa shape index (κ2) is 15.8. The van der Waals surface area contributed by atoms with Gasteiger partial charge in [0.1, 0.15) is 48.7 Å². The zero-order valence-corrected chi connectivity index (χ0v) is 20.8. The maximum Gasteiger partial charge on any atom is 0.220 e. The molecule has 0 aliphatic carbocycles. The minimum atomic E-state index is -1.54. The fourth-order valence-corrected chi connectivity index (χ4v) is 4.48. The molecule has 0 saturated carbocycles. The molecule has 0 aromatic heterocycles. The van der Waals surface area contributed by atoms with E-state index < -0.39 is 86.3 Å². The van der Waals surface area contributed by atoms with Gasteiger partial charge in [-0.05, 0) is 12.8 Å². The lowest BCUT2D eigenvalue weighted by Gasteiger charge is -2.40. The molecule has 0 aromatic carbocycles. The summed E-state index contributed by atoms with van der Waals surface area (Å²) >= 11 is 0. The summed E-state index contributed by atoms with van der Waals surface area (Å²) in [5.74, 6) is -0.796. The number of hydrogen-bond acceptors (Lipinski definition) is 12. The van der Waals surface area contributed by atoms with E-state index in [0.29, 0.717) is 12.8 Å². The third-order valence-corrected chi connectivity index (χ3v) is 6.76. The van der Waals surface area contributed by atoms with Crippen LogP contribution in [0.5, 0.6) is 0 Å². The van der Waals surface area contributed by atoms with Crippen LogP contribution in [0.4, 0.5) is 0 Å². The number of carbonyl (C=O) groups is 2. The van der Waals surface area contributed by atoms with E-state index in [2.05, 4.69) is 10.6 Å². The van der Waals surface area contributed by atoms with Gasteiger partial charge in [-0.25, -0.2) is 0 Å². The van der Waals surface area contributed by atoms with Crippen LogP contribution in [0.2, 0.25) is 0 Å². The van der Waals surface area contributed by atoms with Gasteiger partial charge in [-0.15, -0.1) is 0 Å². The second-order valence-electron chi connectivity index (χ2n) is 9.62. The van der Waals surface area contributed by atoms with Crippen molar-refractivity contribution in [1.82, 2.24) is 10.6 Å². The Hall–Kier alpha value is -1.46. The van der Waals surface area contributed by atoms with Crippen molar-refractivity contribution in [2.75, 3.05) is 13.2 Å². The quantitative estimate of drug-likeness (QED) is 0.0963. The van der Waals surface area contributed by atoms with Gasteiger partial charge in [0.05, 0.1) is 13.2 Å². The lowest BCUT2D eigenvalue weighted by molar-refractivity contribution is -0.253. The van der Waals surface area contributed by atoms with Crippen LogP contribution in [0.1, 0.15) is 57.8 Å². The molecule has 37 heavy (non-hydrogen) atoms. The molecule has 216 valence electrons. The van der Waals surface area contributed by atoms with Crippen molar-refractivity contribution < 1.29 is 59.9 Å². The van der Waals surface area contributed by atoms with Crippen molar-refractivity contribution in [2.45, 2.75) is 119 Å². The molecule has 2 heterocycles. The molecule has 0 bridgehead atoms. The van der Waals surface area contributed by atoms with Gasteiger partial charge in [0.15, 0.2) is 12.6 Å². The van der Waals surface area contributed by atoms with Crippen LogP contribution in [-0.2, 0) is 19.1 Å². The van der Waals surface area contributed by atoms with Crippen molar-refractivity contribution >= 4 is 11.8 Å². The normalized spacial score (nSPS) is 36.2. The van der Waals surface area contributed by atoms with Gasteiger partial charge in [0, 0.05) is 12.8 Å². The standard InChI is InChI=1S/C23H42N2O12/c26-10-12-18(30)20(32)16(22(34)36-12)24-14(28)8-6-4-2-1-3-5-7-9-15(29)25-17-21(33)19(31)13(11-27)37-23(17)35/h12-13,16-23,26-27,30-35H,1-11H2,(H,24,28)(H,25,29)/t12-,13-,16-,17-,18-,19-,20-,21-,22+,23+/m1/s1. The highest BCUT2D eigenvalue weighted by molar-refractivity contribution is 5.76. The maximum atomic E-state index is 12.1. The van der Waals surface area contributed by atoms with Crippen molar-refractivity contribution in [2.24, 2.45) is 0 Å². The Morgan fingerprint density at radius 1 is 0.541 bits per heavy atom. The zero-order valence-electron chi connectivity index (χ0n) is 20.8. The minimum absolute atomic E-state index is 0.173. The van der Waals surface area contributed by atoms with E-state index in [1.54, 1.807) is 0 Å². The molecule has 0 radical (unpaired) electrons. The Morgan fingerprint density at radius 3 is 1.19 bits per heavy atom. The van der Waals surface area contributed by atoms with Crippen molar-refractivity contribution in [3.63, 3.8) is 0 Å². The van der Waals surface area contributed by atoms with E-state index in [1.807, 2.05) is 0 Å². The highest BCUT2D eigenvalue weighted by atomic mass is 16.6. The molecule has 14 heteroatoms. The van der Waals surface area contributed by atoms with E-state index in [1.165, 1.54) is 0 Å². The Labute approximate surface area is 215 Å². The predicted octanol–water partition coefficient (Wildman–Crippen LogP) is -3.67. The van der Waals surface area contributed by atoms with Crippen LogP contribution in [0.15, 0.2) is 0 Å². The molecule has 2 fully saturated rings. The van der Waals surface area contributed by atoms with Gasteiger partial charge < -0.3 is 61.0 Å². The first-order chi connectivity index (χ1) is 17.6. The van der Waals surface area contributed by atoms with Gasteiger partial charge in [0.25, 0.3) is 0 Å². The summed E-state index contributed by atoms with van der Waals surface area (Å²) in [6.45, 7) is -1.16. The van der Waals surface area contributed by atoms with Gasteiger partial charge in [-0.1, -0.05) is 32.1 Å². The molecule has 14 nitrogen and oxygen atoms in total. The van der Waals surface area contributed by atoms with E-state index in [4.69, 9.17) is 19.7 Å². The molecule has 2 aliphatic heterocycles. The largest absolute Gasteiger partial charge is 0.394 e.